The fourth-order valence-electron chi connectivity index (χ4n) is 2.42. The van der Waals surface area contributed by atoms with Crippen molar-refractivity contribution in [3.63, 3.8) is 0 Å². The van der Waals surface area contributed by atoms with E-state index in [2.05, 4.69) is 0 Å². The van der Waals surface area contributed by atoms with E-state index in [0.29, 0.717) is 19.3 Å². The molecule has 2 aromatic rings. The van der Waals surface area contributed by atoms with Gasteiger partial charge in [-0.15, -0.1) is 23.5 Å². The van der Waals surface area contributed by atoms with Crippen molar-refractivity contribution < 1.29 is 14.7 Å². The molecule has 0 heterocycles. The zero-order valence-corrected chi connectivity index (χ0v) is 15.8. The molecule has 0 saturated carbocycles. The lowest BCUT2D eigenvalue weighted by molar-refractivity contribution is -0.137. The maximum Gasteiger partial charge on any atom is 0.303 e. The van der Waals surface area contributed by atoms with Gasteiger partial charge < -0.3 is 9.90 Å². The highest BCUT2D eigenvalue weighted by Gasteiger charge is 2.33. The van der Waals surface area contributed by atoms with E-state index in [0.717, 1.165) is 9.79 Å². The Labute approximate surface area is 157 Å². The second kappa shape index (κ2) is 9.68. The van der Waals surface area contributed by atoms with E-state index < -0.39 is 10.0 Å². The van der Waals surface area contributed by atoms with Crippen molar-refractivity contribution >= 4 is 35.3 Å². The summed E-state index contributed by atoms with van der Waals surface area (Å²) in [5.74, 6) is -0.684. The van der Waals surface area contributed by atoms with E-state index in [1.165, 1.54) is 0 Å². The molecule has 3 nitrogen and oxygen atoms in total. The normalized spacial score (nSPS) is 11.2. The first-order valence-electron chi connectivity index (χ1n) is 8.18. The second-order valence-electron chi connectivity index (χ2n) is 5.84. The van der Waals surface area contributed by atoms with E-state index in [-0.39, 0.29) is 12.2 Å². The van der Waals surface area contributed by atoms with Gasteiger partial charge in [0.2, 0.25) is 0 Å². The van der Waals surface area contributed by atoms with Crippen molar-refractivity contribution in [2.45, 2.75) is 46.5 Å². The van der Waals surface area contributed by atoms with Gasteiger partial charge in [0.25, 0.3) is 0 Å². The van der Waals surface area contributed by atoms with Crippen LogP contribution in [-0.4, -0.2) is 20.9 Å². The number of carbonyl (C=O) groups is 2. The van der Waals surface area contributed by atoms with Gasteiger partial charge >= 0.3 is 5.97 Å². The summed E-state index contributed by atoms with van der Waals surface area (Å²) in [7, 11) is 0. The number of carbonyl (C=O) groups excluding carboxylic acids is 1. The van der Waals surface area contributed by atoms with Crippen LogP contribution in [0.1, 0.15) is 32.6 Å². The van der Waals surface area contributed by atoms with Crippen LogP contribution in [0.4, 0.5) is 0 Å². The first kappa shape index (κ1) is 19.6. The average molecular weight is 375 g/mol. The van der Waals surface area contributed by atoms with Crippen molar-refractivity contribution in [3.8, 4) is 0 Å². The number of thioether (sulfide) groups is 2. The van der Waals surface area contributed by atoms with Crippen LogP contribution < -0.4 is 0 Å². The lowest BCUT2D eigenvalue weighted by Gasteiger charge is -2.32. The van der Waals surface area contributed by atoms with E-state index in [1.54, 1.807) is 30.4 Å². The van der Waals surface area contributed by atoms with Crippen molar-refractivity contribution in [1.82, 2.24) is 0 Å². The average Bonchev–Trinajstić information content (AvgIpc) is 2.60. The molecule has 0 aromatic heterocycles. The molecule has 132 valence electrons. The molecule has 0 bridgehead atoms. The molecular formula is C20H22O3S2. The second-order valence-corrected chi connectivity index (χ2v) is 9.01. The molecule has 0 spiro atoms. The molecule has 0 aliphatic rings. The highest BCUT2D eigenvalue weighted by molar-refractivity contribution is 8.18. The van der Waals surface area contributed by atoms with E-state index in [9.17, 15) is 14.7 Å². The largest absolute Gasteiger partial charge is 0.481 e. The topological polar surface area (TPSA) is 54.4 Å². The van der Waals surface area contributed by atoms with Crippen LogP contribution in [0.2, 0.25) is 0 Å². The van der Waals surface area contributed by atoms with Gasteiger partial charge in [-0.3, -0.25) is 4.79 Å². The van der Waals surface area contributed by atoms with Crippen molar-refractivity contribution in [1.29, 1.82) is 0 Å². The Morgan fingerprint density at radius 3 is 1.68 bits per heavy atom. The van der Waals surface area contributed by atoms with E-state index >= 15 is 0 Å². The van der Waals surface area contributed by atoms with Gasteiger partial charge in [0.1, 0.15) is 5.78 Å². The molecule has 0 atom stereocenters. The third-order valence-corrected chi connectivity index (χ3v) is 6.75. The Hall–Kier alpha value is -1.72. The van der Waals surface area contributed by atoms with E-state index in [1.807, 2.05) is 60.7 Å². The molecule has 0 radical (unpaired) electrons. The fourth-order valence-corrected chi connectivity index (χ4v) is 5.43. The minimum atomic E-state index is -0.811. The summed E-state index contributed by atoms with van der Waals surface area (Å²) in [6.07, 6.45) is 1.65. The number of benzene rings is 2. The van der Waals surface area contributed by atoms with Gasteiger partial charge in [-0.25, -0.2) is 0 Å². The van der Waals surface area contributed by atoms with Gasteiger partial charge in [-0.2, -0.15) is 0 Å². The van der Waals surface area contributed by atoms with Crippen LogP contribution in [0.5, 0.6) is 0 Å². The molecule has 0 unspecified atom stereocenters. The maximum atomic E-state index is 11.6. The van der Waals surface area contributed by atoms with Gasteiger partial charge in [-0.05, 0) is 44.0 Å². The minimum Gasteiger partial charge on any atom is -0.481 e. The van der Waals surface area contributed by atoms with Gasteiger partial charge in [0, 0.05) is 22.6 Å². The summed E-state index contributed by atoms with van der Waals surface area (Å²) >= 11 is 3.32. The first-order chi connectivity index (χ1) is 12.0. The zero-order chi connectivity index (χ0) is 18.1. The summed E-state index contributed by atoms with van der Waals surface area (Å²) in [6.45, 7) is 1.59. The number of ketones is 1. The summed E-state index contributed by atoms with van der Waals surface area (Å²) in [5.41, 5.74) is 0. The highest BCUT2D eigenvalue weighted by atomic mass is 32.2. The molecule has 0 amide bonds. The molecule has 1 N–H and O–H groups in total. The van der Waals surface area contributed by atoms with Crippen molar-refractivity contribution in [3.05, 3.63) is 60.7 Å². The predicted molar refractivity (Wildman–Crippen MR) is 104 cm³/mol. The number of hydrogen-bond acceptors (Lipinski definition) is 4. The number of rotatable bonds is 10. The molecular weight excluding hydrogens is 352 g/mol. The molecule has 5 heteroatoms. The number of Topliss-reactive ketones (excluding diaryl/α,β-unsaturated/α-hetero) is 1. The number of carboxylic acids is 1. The van der Waals surface area contributed by atoms with Crippen LogP contribution >= 0.6 is 23.5 Å². The maximum absolute atomic E-state index is 11.6. The first-order valence-corrected chi connectivity index (χ1v) is 9.82. The van der Waals surface area contributed by atoms with Crippen molar-refractivity contribution in [2.75, 3.05) is 0 Å². The number of aliphatic carboxylic acids is 1. The number of carboxylic acid groups (broad SMARTS) is 1. The Morgan fingerprint density at radius 1 is 0.840 bits per heavy atom. The third-order valence-electron chi connectivity index (χ3n) is 3.67. The smallest absolute Gasteiger partial charge is 0.303 e. The van der Waals surface area contributed by atoms with Crippen LogP contribution in [0.15, 0.2) is 70.5 Å². The fraction of sp³-hybridized carbons (Fsp3) is 0.300. The molecule has 25 heavy (non-hydrogen) atoms. The van der Waals surface area contributed by atoms with Gasteiger partial charge in [0.15, 0.2) is 0 Å². The quantitative estimate of drug-likeness (QED) is 0.439. The predicted octanol–water partition coefficient (Wildman–Crippen LogP) is 5.50. The molecule has 0 aliphatic carbocycles. The Morgan fingerprint density at radius 2 is 1.28 bits per heavy atom. The standard InChI is InChI=1S/C20H22O3S2/c1-16(21)12-14-20(15-13-19(22)23,24-17-8-4-2-5-9-17)25-18-10-6-3-7-11-18/h2-11H,12-15H2,1H3,(H,22,23). The molecule has 0 aliphatic heterocycles. The monoisotopic (exact) mass is 374 g/mol. The Bertz CT molecular complexity index is 625. The van der Waals surface area contributed by atoms with Crippen LogP contribution in [-0.2, 0) is 9.59 Å². The lowest BCUT2D eigenvalue weighted by atomic mass is 10.1. The third kappa shape index (κ3) is 6.96. The van der Waals surface area contributed by atoms with Gasteiger partial charge in [-0.1, -0.05) is 36.4 Å². The Balaban J connectivity index is 2.31. The highest BCUT2D eigenvalue weighted by Crippen LogP contribution is 2.51. The summed E-state index contributed by atoms with van der Waals surface area (Å²) < 4.78 is -0.396. The Kier molecular flexibility index (Phi) is 7.59. The summed E-state index contributed by atoms with van der Waals surface area (Å²) in [6, 6.07) is 19.9. The van der Waals surface area contributed by atoms with Gasteiger partial charge in [0.05, 0.1) is 4.08 Å². The SMILES string of the molecule is CC(=O)CCC(CCC(=O)O)(Sc1ccccc1)Sc1ccccc1. The van der Waals surface area contributed by atoms with Crippen LogP contribution in [0, 0.1) is 0 Å². The molecule has 0 fully saturated rings. The van der Waals surface area contributed by atoms with E-state index in [4.69, 9.17) is 0 Å². The molecule has 2 aromatic carbocycles. The lowest BCUT2D eigenvalue weighted by Crippen LogP contribution is -2.23. The van der Waals surface area contributed by atoms with Crippen molar-refractivity contribution in [2.24, 2.45) is 0 Å². The zero-order valence-electron chi connectivity index (χ0n) is 14.2. The summed E-state index contributed by atoms with van der Waals surface area (Å²) in [4.78, 5) is 25.0. The summed E-state index contributed by atoms with van der Waals surface area (Å²) in [5, 5.41) is 9.20. The van der Waals surface area contributed by atoms with Crippen LogP contribution in [0.25, 0.3) is 0 Å². The molecule has 0 saturated heterocycles. The molecule has 2 rings (SSSR count). The van der Waals surface area contributed by atoms with Crippen LogP contribution in [0.3, 0.4) is 0 Å². The number of hydrogen-bond donors (Lipinski definition) is 1. The minimum absolute atomic E-state index is 0.0809.